The highest BCUT2D eigenvalue weighted by Crippen LogP contribution is 2.14. The van der Waals surface area contributed by atoms with E-state index < -0.39 is 0 Å². The van der Waals surface area contributed by atoms with E-state index in [-0.39, 0.29) is 5.88 Å². The van der Waals surface area contributed by atoms with Crippen molar-refractivity contribution in [2.45, 2.75) is 0 Å². The molecule has 1 N–H and O–H groups in total. The third kappa shape index (κ3) is 0.836. The molecule has 0 bridgehead atoms. The van der Waals surface area contributed by atoms with Gasteiger partial charge in [0.1, 0.15) is 6.20 Å². The second-order valence-corrected chi connectivity index (χ2v) is 3.24. The van der Waals surface area contributed by atoms with Gasteiger partial charge in [0.05, 0.1) is 6.20 Å². The van der Waals surface area contributed by atoms with Crippen molar-refractivity contribution in [3.8, 4) is 5.88 Å². The monoisotopic (exact) mass is 185 g/mol. The van der Waals surface area contributed by atoms with Crippen molar-refractivity contribution in [3.05, 3.63) is 48.8 Å². The SMILES string of the molecule is Oc1cccc2c[n+]3ccccc3n12. The Balaban J connectivity index is 2.65. The summed E-state index contributed by atoms with van der Waals surface area (Å²) in [5, 5.41) is 9.71. The van der Waals surface area contributed by atoms with E-state index in [1.165, 1.54) is 0 Å². The zero-order valence-electron chi connectivity index (χ0n) is 7.46. The summed E-state index contributed by atoms with van der Waals surface area (Å²) in [6.45, 7) is 0. The minimum atomic E-state index is 0.260. The number of imidazole rings is 1. The van der Waals surface area contributed by atoms with Crippen molar-refractivity contribution >= 4 is 11.2 Å². The molecule has 0 radical (unpaired) electrons. The first-order chi connectivity index (χ1) is 6.86. The number of aromatic hydroxyl groups is 1. The molecule has 3 aromatic rings. The zero-order valence-corrected chi connectivity index (χ0v) is 7.46. The minimum Gasteiger partial charge on any atom is -0.477 e. The maximum absolute atomic E-state index is 9.71. The summed E-state index contributed by atoms with van der Waals surface area (Å²) in [5.74, 6) is 0.260. The quantitative estimate of drug-likeness (QED) is 0.527. The fourth-order valence-electron chi connectivity index (χ4n) is 1.75. The largest absolute Gasteiger partial charge is 0.477 e. The Labute approximate surface area is 80.5 Å². The van der Waals surface area contributed by atoms with Crippen LogP contribution in [0.2, 0.25) is 0 Å². The first-order valence-electron chi connectivity index (χ1n) is 4.46. The lowest BCUT2D eigenvalue weighted by molar-refractivity contribution is -0.509. The predicted molar refractivity (Wildman–Crippen MR) is 52.2 cm³/mol. The molecule has 0 saturated carbocycles. The molecule has 0 fully saturated rings. The van der Waals surface area contributed by atoms with E-state index in [4.69, 9.17) is 0 Å². The fraction of sp³-hybridized carbons (Fsp3) is 0. The van der Waals surface area contributed by atoms with Crippen LogP contribution in [0.25, 0.3) is 11.2 Å². The number of hydrogen-bond acceptors (Lipinski definition) is 1. The molecule has 3 nitrogen and oxygen atoms in total. The van der Waals surface area contributed by atoms with Gasteiger partial charge in [-0.25, -0.2) is 4.40 Å². The van der Waals surface area contributed by atoms with Crippen molar-refractivity contribution < 1.29 is 9.51 Å². The molecule has 0 amide bonds. The van der Waals surface area contributed by atoms with Gasteiger partial charge in [0.2, 0.25) is 0 Å². The lowest BCUT2D eigenvalue weighted by Gasteiger charge is -1.90. The van der Waals surface area contributed by atoms with Gasteiger partial charge in [-0.2, -0.15) is 4.40 Å². The van der Waals surface area contributed by atoms with Gasteiger partial charge in [0.15, 0.2) is 5.52 Å². The average molecular weight is 185 g/mol. The van der Waals surface area contributed by atoms with Crippen molar-refractivity contribution in [1.82, 2.24) is 4.40 Å². The molecule has 3 heteroatoms. The van der Waals surface area contributed by atoms with Crippen LogP contribution in [-0.2, 0) is 0 Å². The Kier molecular flexibility index (Phi) is 1.31. The van der Waals surface area contributed by atoms with Gasteiger partial charge in [-0.05, 0) is 12.1 Å². The predicted octanol–water partition coefficient (Wildman–Crippen LogP) is 1.38. The molecule has 0 unspecified atom stereocenters. The normalized spacial score (nSPS) is 11.1. The van der Waals surface area contributed by atoms with E-state index in [0.717, 1.165) is 11.2 Å². The van der Waals surface area contributed by atoms with Crippen LogP contribution >= 0.6 is 0 Å². The van der Waals surface area contributed by atoms with E-state index in [1.54, 1.807) is 10.5 Å². The topological polar surface area (TPSA) is 28.7 Å². The molecular formula is C11H9N2O+. The van der Waals surface area contributed by atoms with Crippen LogP contribution in [0, 0.1) is 0 Å². The molecule has 3 aromatic heterocycles. The zero-order chi connectivity index (χ0) is 9.54. The first kappa shape index (κ1) is 7.38. The van der Waals surface area contributed by atoms with Gasteiger partial charge in [-0.3, -0.25) is 0 Å². The number of rotatable bonds is 0. The molecule has 0 aromatic carbocycles. The van der Waals surface area contributed by atoms with Gasteiger partial charge in [-0.1, -0.05) is 12.1 Å². The number of hydrogen-bond donors (Lipinski definition) is 1. The number of pyridine rings is 2. The molecule has 0 spiro atoms. The summed E-state index contributed by atoms with van der Waals surface area (Å²) in [6.07, 6.45) is 3.94. The Morgan fingerprint density at radius 2 is 2.00 bits per heavy atom. The molecule has 3 rings (SSSR count). The molecule has 0 aliphatic heterocycles. The summed E-state index contributed by atoms with van der Waals surface area (Å²) in [7, 11) is 0. The van der Waals surface area contributed by atoms with Crippen LogP contribution in [-0.4, -0.2) is 9.51 Å². The number of fused-ring (bicyclic) bond motifs is 3. The second-order valence-electron chi connectivity index (χ2n) is 3.24. The molecule has 0 aliphatic rings. The van der Waals surface area contributed by atoms with Gasteiger partial charge in [0, 0.05) is 12.1 Å². The highest BCUT2D eigenvalue weighted by Gasteiger charge is 2.12. The first-order valence-corrected chi connectivity index (χ1v) is 4.46. The van der Waals surface area contributed by atoms with Gasteiger partial charge in [-0.15, -0.1) is 0 Å². The van der Waals surface area contributed by atoms with E-state index in [1.807, 2.05) is 47.1 Å². The van der Waals surface area contributed by atoms with E-state index >= 15 is 0 Å². The smallest absolute Gasteiger partial charge is 0.294 e. The van der Waals surface area contributed by atoms with Crippen LogP contribution < -0.4 is 4.40 Å². The molecule has 0 saturated heterocycles. The van der Waals surface area contributed by atoms with E-state index in [2.05, 4.69) is 0 Å². The molecule has 3 heterocycles. The van der Waals surface area contributed by atoms with Crippen LogP contribution in [0.15, 0.2) is 48.8 Å². The standard InChI is InChI=1S/C11H8N2O/c14-11-6-3-4-9-8-12-7-2-1-5-10(12)13(9)11/h1-8H/p+1. The summed E-state index contributed by atoms with van der Waals surface area (Å²) >= 11 is 0. The summed E-state index contributed by atoms with van der Waals surface area (Å²) in [5.41, 5.74) is 1.94. The van der Waals surface area contributed by atoms with Gasteiger partial charge < -0.3 is 5.11 Å². The summed E-state index contributed by atoms with van der Waals surface area (Å²) < 4.78 is 3.79. The van der Waals surface area contributed by atoms with Crippen LogP contribution in [0.5, 0.6) is 5.88 Å². The molecule has 68 valence electrons. The maximum Gasteiger partial charge on any atom is 0.294 e. The lowest BCUT2D eigenvalue weighted by Crippen LogP contribution is -2.16. The fourth-order valence-corrected chi connectivity index (χ4v) is 1.75. The summed E-state index contributed by atoms with van der Waals surface area (Å²) in [6, 6.07) is 11.4. The number of nitrogens with zero attached hydrogens (tertiary/aromatic N) is 2. The highest BCUT2D eigenvalue weighted by molar-refractivity contribution is 5.54. The van der Waals surface area contributed by atoms with Crippen LogP contribution in [0.4, 0.5) is 0 Å². The average Bonchev–Trinajstić information content (AvgIpc) is 2.57. The third-order valence-corrected chi connectivity index (χ3v) is 2.37. The van der Waals surface area contributed by atoms with Crippen molar-refractivity contribution in [2.75, 3.05) is 0 Å². The second kappa shape index (κ2) is 2.48. The molecular weight excluding hydrogens is 176 g/mol. The molecule has 0 aliphatic carbocycles. The highest BCUT2D eigenvalue weighted by atomic mass is 16.3. The lowest BCUT2D eigenvalue weighted by atomic mass is 10.4. The van der Waals surface area contributed by atoms with Crippen molar-refractivity contribution in [3.63, 3.8) is 0 Å². The van der Waals surface area contributed by atoms with E-state index in [9.17, 15) is 5.11 Å². The van der Waals surface area contributed by atoms with Gasteiger partial charge >= 0.3 is 0 Å². The molecule has 14 heavy (non-hydrogen) atoms. The van der Waals surface area contributed by atoms with Crippen molar-refractivity contribution in [1.29, 1.82) is 0 Å². The van der Waals surface area contributed by atoms with Crippen LogP contribution in [0.1, 0.15) is 0 Å². The Bertz CT molecular complexity index is 613. The maximum atomic E-state index is 9.71. The Morgan fingerprint density at radius 3 is 2.93 bits per heavy atom. The van der Waals surface area contributed by atoms with Crippen molar-refractivity contribution in [2.24, 2.45) is 0 Å². The molecule has 0 atom stereocenters. The Hall–Kier alpha value is -2.03. The van der Waals surface area contributed by atoms with Crippen LogP contribution in [0.3, 0.4) is 0 Å². The minimum absolute atomic E-state index is 0.260. The summed E-state index contributed by atoms with van der Waals surface area (Å²) in [4.78, 5) is 0. The van der Waals surface area contributed by atoms with Gasteiger partial charge in [0.25, 0.3) is 11.5 Å². The van der Waals surface area contributed by atoms with E-state index in [0.29, 0.717) is 0 Å². The Morgan fingerprint density at radius 1 is 1.07 bits per heavy atom. The third-order valence-electron chi connectivity index (χ3n) is 2.37. The number of aromatic nitrogens is 2.